The molecule has 3 rings (SSSR count). The molecule has 1 atom stereocenters. The van der Waals surface area contributed by atoms with E-state index in [1.165, 1.54) is 10.6 Å². The van der Waals surface area contributed by atoms with Gasteiger partial charge in [0.2, 0.25) is 5.91 Å². The lowest BCUT2D eigenvalue weighted by molar-refractivity contribution is -0.120. The van der Waals surface area contributed by atoms with Gasteiger partial charge in [-0.3, -0.25) is 4.79 Å². The quantitative estimate of drug-likeness (QED) is 0.830. The summed E-state index contributed by atoms with van der Waals surface area (Å²) in [4.78, 5) is 16.8. The molecule has 2 heterocycles. The SMILES string of the molecule is Cc1ccc(NC(=O)C2CCCN(S(=O)(=O)c3cn(C(C)C)cn3)C2)cc1C. The number of rotatable bonds is 5. The minimum atomic E-state index is -3.70. The Bertz CT molecular complexity index is 966. The summed E-state index contributed by atoms with van der Waals surface area (Å²) in [5.41, 5.74) is 3.00. The molecule has 1 fully saturated rings. The van der Waals surface area contributed by atoms with Gasteiger partial charge in [0.1, 0.15) is 0 Å². The number of aryl methyl sites for hydroxylation is 2. The van der Waals surface area contributed by atoms with Crippen molar-refractivity contribution in [3.8, 4) is 0 Å². The van der Waals surface area contributed by atoms with Gasteiger partial charge in [0, 0.05) is 31.0 Å². The highest BCUT2D eigenvalue weighted by molar-refractivity contribution is 7.89. The van der Waals surface area contributed by atoms with E-state index in [0.29, 0.717) is 19.4 Å². The molecule has 0 aliphatic carbocycles. The zero-order chi connectivity index (χ0) is 20.5. The van der Waals surface area contributed by atoms with Crippen LogP contribution in [-0.2, 0) is 14.8 Å². The largest absolute Gasteiger partial charge is 0.334 e. The van der Waals surface area contributed by atoms with Crippen molar-refractivity contribution in [2.24, 2.45) is 5.92 Å². The Hall–Kier alpha value is -2.19. The average molecular weight is 405 g/mol. The summed E-state index contributed by atoms with van der Waals surface area (Å²) in [6, 6.07) is 5.90. The lowest BCUT2D eigenvalue weighted by Crippen LogP contribution is -2.43. The molecule has 1 amide bonds. The molecule has 1 aromatic carbocycles. The van der Waals surface area contributed by atoms with Crippen LogP contribution in [0.4, 0.5) is 5.69 Å². The highest BCUT2D eigenvalue weighted by Crippen LogP contribution is 2.25. The zero-order valence-corrected chi connectivity index (χ0v) is 17.7. The maximum absolute atomic E-state index is 13.0. The van der Waals surface area contributed by atoms with E-state index in [0.717, 1.165) is 16.8 Å². The minimum Gasteiger partial charge on any atom is -0.334 e. The van der Waals surface area contributed by atoms with Gasteiger partial charge in [-0.2, -0.15) is 4.31 Å². The maximum atomic E-state index is 13.0. The van der Waals surface area contributed by atoms with Crippen LogP contribution in [0.2, 0.25) is 0 Å². The lowest BCUT2D eigenvalue weighted by atomic mass is 9.98. The van der Waals surface area contributed by atoms with Crippen LogP contribution >= 0.6 is 0 Å². The molecule has 28 heavy (non-hydrogen) atoms. The summed E-state index contributed by atoms with van der Waals surface area (Å²) >= 11 is 0. The Balaban J connectivity index is 1.71. The Labute approximate surface area is 166 Å². The van der Waals surface area contributed by atoms with Crippen molar-refractivity contribution in [3.05, 3.63) is 41.9 Å². The summed E-state index contributed by atoms with van der Waals surface area (Å²) < 4.78 is 29.0. The van der Waals surface area contributed by atoms with Gasteiger partial charge in [-0.25, -0.2) is 13.4 Å². The van der Waals surface area contributed by atoms with Crippen molar-refractivity contribution in [2.75, 3.05) is 18.4 Å². The fraction of sp³-hybridized carbons (Fsp3) is 0.500. The van der Waals surface area contributed by atoms with E-state index in [2.05, 4.69) is 10.3 Å². The molecule has 0 spiro atoms. The average Bonchev–Trinajstić information content (AvgIpc) is 3.16. The van der Waals surface area contributed by atoms with Crippen LogP contribution < -0.4 is 5.32 Å². The molecule has 1 aromatic heterocycles. The molecule has 0 saturated carbocycles. The molecule has 1 saturated heterocycles. The van der Waals surface area contributed by atoms with E-state index in [9.17, 15) is 13.2 Å². The molecule has 0 bridgehead atoms. The number of aromatic nitrogens is 2. The predicted octanol–water partition coefficient (Wildman–Crippen LogP) is 3.12. The van der Waals surface area contributed by atoms with Gasteiger partial charge in [0.25, 0.3) is 10.0 Å². The third kappa shape index (κ3) is 4.28. The summed E-state index contributed by atoms with van der Waals surface area (Å²) in [5.74, 6) is -0.520. The van der Waals surface area contributed by atoms with E-state index < -0.39 is 10.0 Å². The number of carbonyl (C=O) groups excluding carboxylic acids is 1. The second-order valence-electron chi connectivity index (χ2n) is 7.74. The van der Waals surface area contributed by atoms with Gasteiger partial charge in [-0.05, 0) is 63.8 Å². The predicted molar refractivity (Wildman–Crippen MR) is 109 cm³/mol. The van der Waals surface area contributed by atoms with E-state index in [1.54, 1.807) is 10.8 Å². The number of nitrogens with one attached hydrogen (secondary N) is 1. The standard InChI is InChI=1S/C20H28N4O3S/c1-14(2)23-12-19(21-13-23)28(26,27)24-9-5-6-17(11-24)20(25)22-18-8-7-15(3)16(4)10-18/h7-8,10,12-14,17H,5-6,9,11H2,1-4H3,(H,22,25). The number of hydrogen-bond acceptors (Lipinski definition) is 4. The summed E-state index contributed by atoms with van der Waals surface area (Å²) in [6.07, 6.45) is 4.41. The second kappa shape index (κ2) is 8.05. The van der Waals surface area contributed by atoms with Crippen LogP contribution in [0.25, 0.3) is 0 Å². The van der Waals surface area contributed by atoms with E-state index >= 15 is 0 Å². The molecule has 1 N–H and O–H groups in total. The smallest absolute Gasteiger partial charge is 0.262 e. The molecule has 0 radical (unpaired) electrons. The lowest BCUT2D eigenvalue weighted by Gasteiger charge is -2.30. The van der Waals surface area contributed by atoms with Crippen LogP contribution in [0.1, 0.15) is 43.9 Å². The van der Waals surface area contributed by atoms with Crippen LogP contribution in [0, 0.1) is 19.8 Å². The third-order valence-corrected chi connectivity index (χ3v) is 7.06. The zero-order valence-electron chi connectivity index (χ0n) is 16.8. The number of hydrogen-bond donors (Lipinski definition) is 1. The van der Waals surface area contributed by atoms with Gasteiger partial charge in [0.15, 0.2) is 5.03 Å². The topological polar surface area (TPSA) is 84.3 Å². The van der Waals surface area contributed by atoms with Crippen molar-refractivity contribution in [1.82, 2.24) is 13.9 Å². The number of imidazole rings is 1. The van der Waals surface area contributed by atoms with Gasteiger partial charge < -0.3 is 9.88 Å². The van der Waals surface area contributed by atoms with E-state index in [1.807, 2.05) is 45.9 Å². The third-order valence-electron chi connectivity index (χ3n) is 5.31. The molecule has 7 nitrogen and oxygen atoms in total. The number of sulfonamides is 1. The van der Waals surface area contributed by atoms with Gasteiger partial charge in [-0.15, -0.1) is 0 Å². The number of piperidine rings is 1. The monoisotopic (exact) mass is 404 g/mol. The summed E-state index contributed by atoms with van der Waals surface area (Å²) in [7, 11) is -3.70. The molecule has 1 unspecified atom stereocenters. The van der Waals surface area contributed by atoms with Gasteiger partial charge in [-0.1, -0.05) is 6.07 Å². The molecular formula is C20H28N4O3S. The first-order valence-corrected chi connectivity index (χ1v) is 11.0. The minimum absolute atomic E-state index is 0.0383. The molecule has 1 aliphatic rings. The van der Waals surface area contributed by atoms with Gasteiger partial charge in [0.05, 0.1) is 12.2 Å². The van der Waals surface area contributed by atoms with Crippen molar-refractivity contribution in [1.29, 1.82) is 0 Å². The first-order chi connectivity index (χ1) is 13.2. The highest BCUT2D eigenvalue weighted by Gasteiger charge is 2.34. The molecule has 2 aromatic rings. The summed E-state index contributed by atoms with van der Waals surface area (Å²) in [6.45, 7) is 8.53. The highest BCUT2D eigenvalue weighted by atomic mass is 32.2. The Morgan fingerprint density at radius 1 is 1.25 bits per heavy atom. The fourth-order valence-corrected chi connectivity index (χ4v) is 4.75. The first kappa shape index (κ1) is 20.5. The van der Waals surface area contributed by atoms with E-state index in [-0.39, 0.29) is 29.4 Å². The van der Waals surface area contributed by atoms with Crippen LogP contribution in [0.15, 0.2) is 35.7 Å². The van der Waals surface area contributed by atoms with E-state index in [4.69, 9.17) is 0 Å². The van der Waals surface area contributed by atoms with Crippen molar-refractivity contribution in [3.63, 3.8) is 0 Å². The second-order valence-corrected chi connectivity index (χ2v) is 9.63. The van der Waals surface area contributed by atoms with Crippen molar-refractivity contribution >= 4 is 21.6 Å². The fourth-order valence-electron chi connectivity index (χ4n) is 3.30. The number of amides is 1. The maximum Gasteiger partial charge on any atom is 0.262 e. The Kier molecular flexibility index (Phi) is 5.90. The molecule has 152 valence electrons. The van der Waals surface area contributed by atoms with Crippen molar-refractivity contribution in [2.45, 2.75) is 51.6 Å². The van der Waals surface area contributed by atoms with Crippen molar-refractivity contribution < 1.29 is 13.2 Å². The number of nitrogens with zero attached hydrogens (tertiary/aromatic N) is 3. The number of anilines is 1. The molecule has 8 heteroatoms. The summed E-state index contributed by atoms with van der Waals surface area (Å²) in [5, 5.41) is 2.97. The molecule has 1 aliphatic heterocycles. The van der Waals surface area contributed by atoms with Gasteiger partial charge >= 0.3 is 0 Å². The molecular weight excluding hydrogens is 376 g/mol. The van der Waals surface area contributed by atoms with Crippen LogP contribution in [0.5, 0.6) is 0 Å². The van der Waals surface area contributed by atoms with Crippen LogP contribution in [-0.4, -0.2) is 41.3 Å². The number of carbonyl (C=O) groups is 1. The Morgan fingerprint density at radius 3 is 2.64 bits per heavy atom. The van der Waals surface area contributed by atoms with Crippen LogP contribution in [0.3, 0.4) is 0 Å². The normalized spacial score (nSPS) is 18.4. The Morgan fingerprint density at radius 2 is 2.00 bits per heavy atom. The first-order valence-electron chi connectivity index (χ1n) is 9.60. The number of benzene rings is 1.